The van der Waals surface area contributed by atoms with Crippen molar-refractivity contribution in [2.45, 2.75) is 78.1 Å². The molecule has 0 amide bonds. The quantitative estimate of drug-likeness (QED) is 0.120. The van der Waals surface area contributed by atoms with Gasteiger partial charge in [-0.3, -0.25) is 14.4 Å². The van der Waals surface area contributed by atoms with Gasteiger partial charge in [-0.05, 0) is 12.8 Å². The Labute approximate surface area is 207 Å². The summed E-state index contributed by atoms with van der Waals surface area (Å²) in [5, 5.41) is 19.1. The normalized spacial score (nSPS) is 11.1. The van der Waals surface area contributed by atoms with E-state index in [4.69, 9.17) is 18.9 Å². The summed E-state index contributed by atoms with van der Waals surface area (Å²) in [6, 6.07) is 0. The lowest BCUT2D eigenvalue weighted by atomic mass is 9.75. The average molecular weight is 503 g/mol. The van der Waals surface area contributed by atoms with Gasteiger partial charge >= 0.3 is 23.9 Å². The monoisotopic (exact) mass is 502 g/mol. The number of carboxylic acid groups (broad SMARTS) is 2. The molecule has 0 atom stereocenters. The molecule has 0 fully saturated rings. The summed E-state index contributed by atoms with van der Waals surface area (Å²) in [6.07, 6.45) is 6.50. The van der Waals surface area contributed by atoms with Crippen LogP contribution >= 0.6 is 0 Å². The predicted octanol–water partition coefficient (Wildman–Crippen LogP) is 3.76. The molecule has 35 heavy (non-hydrogen) atoms. The van der Waals surface area contributed by atoms with E-state index in [1.165, 1.54) is 0 Å². The molecule has 0 saturated carbocycles. The zero-order valence-electron chi connectivity index (χ0n) is 21.2. The minimum atomic E-state index is -2.40. The molecule has 2 N–H and O–H groups in total. The van der Waals surface area contributed by atoms with Crippen molar-refractivity contribution in [2.24, 2.45) is 5.41 Å². The molecule has 0 aromatic carbocycles. The van der Waals surface area contributed by atoms with Gasteiger partial charge in [-0.25, -0.2) is 4.79 Å². The van der Waals surface area contributed by atoms with E-state index in [1.54, 1.807) is 0 Å². The number of hydrogen-bond acceptors (Lipinski definition) is 8. The summed E-state index contributed by atoms with van der Waals surface area (Å²) in [4.78, 5) is 48.2. The van der Waals surface area contributed by atoms with Crippen LogP contribution < -0.4 is 0 Å². The second kappa shape index (κ2) is 19.8. The molecule has 10 nitrogen and oxygen atoms in total. The summed E-state index contributed by atoms with van der Waals surface area (Å²) >= 11 is 0. The summed E-state index contributed by atoms with van der Waals surface area (Å²) in [7, 11) is 0. The van der Waals surface area contributed by atoms with Crippen LogP contribution in [0.5, 0.6) is 0 Å². The number of aliphatic carboxylic acids is 2. The van der Waals surface area contributed by atoms with Crippen molar-refractivity contribution in [3.05, 3.63) is 12.2 Å². The number of unbranched alkanes of at least 4 members (excludes halogenated alkanes) is 6. The Morgan fingerprint density at radius 2 is 1.09 bits per heavy atom. The van der Waals surface area contributed by atoms with Crippen LogP contribution in [-0.4, -0.2) is 73.7 Å². The fourth-order valence-electron chi connectivity index (χ4n) is 3.25. The van der Waals surface area contributed by atoms with Crippen molar-refractivity contribution in [2.75, 3.05) is 39.6 Å². The third-order valence-electron chi connectivity index (χ3n) is 5.40. The highest BCUT2D eigenvalue weighted by atomic mass is 16.6. The number of rotatable bonds is 23. The third-order valence-corrected chi connectivity index (χ3v) is 5.40. The zero-order chi connectivity index (χ0) is 26.5. The van der Waals surface area contributed by atoms with Gasteiger partial charge in [0.15, 0.2) is 0 Å². The molecule has 202 valence electrons. The van der Waals surface area contributed by atoms with Crippen LogP contribution in [0.2, 0.25) is 0 Å². The predicted molar refractivity (Wildman–Crippen MR) is 128 cm³/mol. The molecule has 0 saturated heterocycles. The fraction of sp³-hybridized carbons (Fsp3) is 0.760. The third kappa shape index (κ3) is 14.5. The Kier molecular flexibility index (Phi) is 18.4. The fourth-order valence-corrected chi connectivity index (χ4v) is 3.25. The van der Waals surface area contributed by atoms with E-state index in [-0.39, 0.29) is 26.4 Å². The average Bonchev–Trinajstić information content (AvgIpc) is 2.81. The number of ether oxygens (including phenoxy) is 4. The van der Waals surface area contributed by atoms with Gasteiger partial charge in [-0.2, -0.15) is 0 Å². The van der Waals surface area contributed by atoms with Crippen LogP contribution in [0, 0.1) is 5.41 Å². The second-order valence-corrected chi connectivity index (χ2v) is 8.31. The maximum absolute atomic E-state index is 12.3. The van der Waals surface area contributed by atoms with Crippen molar-refractivity contribution in [1.82, 2.24) is 0 Å². The first-order chi connectivity index (χ1) is 16.7. The standard InChI is InChI=1S/C25H42O10/c1-4-6-8-10-12-32-14-16-34-21(26)18-25(24(30)31,20(3)23(28)29)19-22(27)35-17-15-33-13-11-9-7-5-2/h3-19H2,1-2H3,(H,28,29)(H,30,31). The Hall–Kier alpha value is -2.46. The molecular weight excluding hydrogens is 460 g/mol. The van der Waals surface area contributed by atoms with Crippen LogP contribution in [0.15, 0.2) is 12.2 Å². The Morgan fingerprint density at radius 3 is 1.43 bits per heavy atom. The van der Waals surface area contributed by atoms with Crippen molar-refractivity contribution in [1.29, 1.82) is 0 Å². The van der Waals surface area contributed by atoms with E-state index in [2.05, 4.69) is 20.4 Å². The molecular formula is C25H42O10. The van der Waals surface area contributed by atoms with Crippen molar-refractivity contribution >= 4 is 23.9 Å². The largest absolute Gasteiger partial charge is 0.481 e. The number of carbonyl (C=O) groups excluding carboxylic acids is 2. The molecule has 10 heteroatoms. The summed E-state index contributed by atoms with van der Waals surface area (Å²) in [5.41, 5.74) is -3.21. The molecule has 0 aromatic heterocycles. The molecule has 0 rings (SSSR count). The van der Waals surface area contributed by atoms with Gasteiger partial charge in [0.1, 0.15) is 18.6 Å². The number of carbonyl (C=O) groups is 4. The lowest BCUT2D eigenvalue weighted by Crippen LogP contribution is -2.41. The van der Waals surface area contributed by atoms with Gasteiger partial charge in [0.05, 0.1) is 26.1 Å². The second-order valence-electron chi connectivity index (χ2n) is 8.31. The van der Waals surface area contributed by atoms with Gasteiger partial charge in [0, 0.05) is 18.8 Å². The minimum Gasteiger partial charge on any atom is -0.481 e. The highest BCUT2D eigenvalue weighted by Gasteiger charge is 2.49. The molecule has 0 aliphatic rings. The van der Waals surface area contributed by atoms with Crippen LogP contribution in [0.3, 0.4) is 0 Å². The molecule has 0 aliphatic carbocycles. The highest BCUT2D eigenvalue weighted by Crippen LogP contribution is 2.36. The molecule has 0 unspecified atom stereocenters. The Bertz CT molecular complexity index is 625. The smallest absolute Gasteiger partial charge is 0.332 e. The van der Waals surface area contributed by atoms with E-state index in [1.807, 2.05) is 0 Å². The van der Waals surface area contributed by atoms with E-state index < -0.39 is 47.7 Å². The molecule has 0 spiro atoms. The zero-order valence-corrected chi connectivity index (χ0v) is 21.2. The van der Waals surface area contributed by atoms with Gasteiger partial charge in [0.2, 0.25) is 0 Å². The van der Waals surface area contributed by atoms with Crippen LogP contribution in [-0.2, 0) is 38.1 Å². The molecule has 0 aromatic rings. The van der Waals surface area contributed by atoms with E-state index in [0.717, 1.165) is 51.4 Å². The van der Waals surface area contributed by atoms with Gasteiger partial charge in [-0.1, -0.05) is 59.0 Å². The van der Waals surface area contributed by atoms with Crippen molar-refractivity contribution in [3.8, 4) is 0 Å². The summed E-state index contributed by atoms with van der Waals surface area (Å²) < 4.78 is 20.7. The lowest BCUT2D eigenvalue weighted by molar-refractivity contribution is -0.163. The van der Waals surface area contributed by atoms with Crippen LogP contribution in [0.25, 0.3) is 0 Å². The first-order valence-electron chi connectivity index (χ1n) is 12.3. The van der Waals surface area contributed by atoms with Gasteiger partial charge in [0.25, 0.3) is 0 Å². The maximum Gasteiger partial charge on any atom is 0.332 e. The first kappa shape index (κ1) is 32.5. The molecule has 0 radical (unpaired) electrons. The van der Waals surface area contributed by atoms with Crippen molar-refractivity contribution in [3.63, 3.8) is 0 Å². The first-order valence-corrected chi connectivity index (χ1v) is 12.3. The Morgan fingerprint density at radius 1 is 0.657 bits per heavy atom. The molecule has 0 heterocycles. The molecule has 0 aliphatic heterocycles. The van der Waals surface area contributed by atoms with E-state index >= 15 is 0 Å². The number of hydrogen-bond donors (Lipinski definition) is 2. The number of carboxylic acids is 2. The number of esters is 2. The highest BCUT2D eigenvalue weighted by molar-refractivity contribution is 6.00. The maximum atomic E-state index is 12.3. The molecule has 0 bridgehead atoms. The minimum absolute atomic E-state index is 0.123. The summed E-state index contributed by atoms with van der Waals surface area (Å²) in [6.45, 7) is 8.53. The van der Waals surface area contributed by atoms with E-state index in [9.17, 15) is 29.4 Å². The lowest BCUT2D eigenvalue weighted by Gasteiger charge is -2.27. The van der Waals surface area contributed by atoms with Crippen LogP contribution in [0.1, 0.15) is 78.1 Å². The topological polar surface area (TPSA) is 146 Å². The SMILES string of the molecule is C=C(C(=O)O)C(CC(=O)OCCOCCCCCC)(CC(=O)OCCOCCCCCC)C(=O)O. The van der Waals surface area contributed by atoms with Gasteiger partial charge in [-0.15, -0.1) is 0 Å². The van der Waals surface area contributed by atoms with E-state index in [0.29, 0.717) is 13.2 Å². The van der Waals surface area contributed by atoms with Gasteiger partial charge < -0.3 is 29.2 Å². The van der Waals surface area contributed by atoms with Crippen LogP contribution in [0.4, 0.5) is 0 Å². The summed E-state index contributed by atoms with van der Waals surface area (Å²) in [5.74, 6) is -5.28. The van der Waals surface area contributed by atoms with Crippen molar-refractivity contribution < 1.29 is 48.3 Å². The Balaban J connectivity index is 4.75.